The molecule has 1 aliphatic carbocycles. The lowest BCUT2D eigenvalue weighted by molar-refractivity contribution is -0.143. The van der Waals surface area contributed by atoms with E-state index in [-0.39, 0.29) is 12.0 Å². The highest BCUT2D eigenvalue weighted by molar-refractivity contribution is 5.75. The first-order valence-electron chi connectivity index (χ1n) is 8.17. The molecule has 2 rings (SSSR count). The molecule has 116 valence electrons. The van der Waals surface area contributed by atoms with Crippen molar-refractivity contribution in [2.45, 2.75) is 63.5 Å². The summed E-state index contributed by atoms with van der Waals surface area (Å²) in [6, 6.07) is 10.8. The zero-order valence-electron chi connectivity index (χ0n) is 13.0. The van der Waals surface area contributed by atoms with E-state index in [2.05, 4.69) is 29.6 Å². The largest absolute Gasteiger partial charge is 0.468 e. The van der Waals surface area contributed by atoms with E-state index in [0.717, 1.165) is 19.3 Å². The highest BCUT2D eigenvalue weighted by atomic mass is 16.5. The minimum atomic E-state index is -0.151. The maximum Gasteiger partial charge on any atom is 0.322 e. The molecule has 0 amide bonds. The van der Waals surface area contributed by atoms with Crippen molar-refractivity contribution in [2.24, 2.45) is 0 Å². The van der Waals surface area contributed by atoms with E-state index in [4.69, 9.17) is 4.74 Å². The summed E-state index contributed by atoms with van der Waals surface area (Å²) in [5, 5.41) is 3.52. The van der Waals surface area contributed by atoms with E-state index in [1.807, 2.05) is 6.07 Å². The van der Waals surface area contributed by atoms with E-state index in [0.29, 0.717) is 6.04 Å². The van der Waals surface area contributed by atoms with Gasteiger partial charge < -0.3 is 10.1 Å². The Morgan fingerprint density at radius 2 is 1.95 bits per heavy atom. The summed E-state index contributed by atoms with van der Waals surface area (Å²) >= 11 is 0. The van der Waals surface area contributed by atoms with Crippen molar-refractivity contribution in [3.63, 3.8) is 0 Å². The van der Waals surface area contributed by atoms with E-state index >= 15 is 0 Å². The van der Waals surface area contributed by atoms with Crippen LogP contribution in [0.15, 0.2) is 30.3 Å². The van der Waals surface area contributed by atoms with Crippen LogP contribution in [0.1, 0.15) is 50.5 Å². The van der Waals surface area contributed by atoms with Gasteiger partial charge in [0, 0.05) is 6.04 Å². The van der Waals surface area contributed by atoms with Gasteiger partial charge >= 0.3 is 5.97 Å². The second-order valence-corrected chi connectivity index (χ2v) is 5.96. The molecule has 3 nitrogen and oxygen atoms in total. The third kappa shape index (κ3) is 5.50. The summed E-state index contributed by atoms with van der Waals surface area (Å²) in [4.78, 5) is 11.9. The number of carbonyl (C=O) groups is 1. The van der Waals surface area contributed by atoms with Crippen molar-refractivity contribution < 1.29 is 9.53 Å². The van der Waals surface area contributed by atoms with Crippen molar-refractivity contribution in [1.29, 1.82) is 0 Å². The number of hydrogen-bond acceptors (Lipinski definition) is 3. The molecule has 1 fully saturated rings. The molecule has 1 aromatic rings. The van der Waals surface area contributed by atoms with Gasteiger partial charge in [-0.25, -0.2) is 0 Å². The van der Waals surface area contributed by atoms with E-state index in [9.17, 15) is 4.79 Å². The van der Waals surface area contributed by atoms with Gasteiger partial charge in [-0.3, -0.25) is 4.79 Å². The molecule has 0 aliphatic heterocycles. The van der Waals surface area contributed by atoms with Gasteiger partial charge in [0.25, 0.3) is 0 Å². The fourth-order valence-electron chi connectivity index (χ4n) is 3.12. The maximum atomic E-state index is 11.9. The third-order valence-corrected chi connectivity index (χ3v) is 4.33. The van der Waals surface area contributed by atoms with Crippen LogP contribution >= 0.6 is 0 Å². The zero-order chi connectivity index (χ0) is 14.9. The van der Waals surface area contributed by atoms with Crippen molar-refractivity contribution in [1.82, 2.24) is 5.32 Å². The van der Waals surface area contributed by atoms with Gasteiger partial charge in [0.2, 0.25) is 0 Å². The number of ether oxygens (including phenoxy) is 1. The lowest BCUT2D eigenvalue weighted by Gasteiger charge is -2.27. The Morgan fingerprint density at radius 1 is 1.24 bits per heavy atom. The molecule has 0 radical (unpaired) electrons. The monoisotopic (exact) mass is 289 g/mol. The number of esters is 1. The number of methoxy groups -OCH3 is 1. The summed E-state index contributed by atoms with van der Waals surface area (Å²) in [7, 11) is 1.48. The average Bonchev–Trinajstić information content (AvgIpc) is 2.55. The van der Waals surface area contributed by atoms with Crippen LogP contribution < -0.4 is 5.32 Å². The van der Waals surface area contributed by atoms with Crippen LogP contribution in [0.5, 0.6) is 0 Å². The van der Waals surface area contributed by atoms with E-state index < -0.39 is 0 Å². The number of benzene rings is 1. The summed E-state index contributed by atoms with van der Waals surface area (Å²) in [6.45, 7) is 0. The van der Waals surface area contributed by atoms with Crippen LogP contribution in [0.4, 0.5) is 0 Å². The lowest BCUT2D eigenvalue weighted by atomic mass is 9.94. The van der Waals surface area contributed by atoms with Gasteiger partial charge in [-0.1, -0.05) is 49.6 Å². The number of carbonyl (C=O) groups excluding carboxylic acids is 1. The molecule has 3 heteroatoms. The number of rotatable bonds is 7. The Morgan fingerprint density at radius 3 is 2.62 bits per heavy atom. The molecule has 21 heavy (non-hydrogen) atoms. The molecule has 1 unspecified atom stereocenters. The molecule has 1 saturated carbocycles. The molecule has 0 heterocycles. The number of aryl methyl sites for hydroxylation is 1. The van der Waals surface area contributed by atoms with Crippen LogP contribution in [-0.2, 0) is 16.0 Å². The van der Waals surface area contributed by atoms with Gasteiger partial charge in [0.05, 0.1) is 7.11 Å². The van der Waals surface area contributed by atoms with Gasteiger partial charge in [0.15, 0.2) is 0 Å². The third-order valence-electron chi connectivity index (χ3n) is 4.33. The minimum absolute atomic E-state index is 0.117. The van der Waals surface area contributed by atoms with Crippen molar-refractivity contribution >= 4 is 5.97 Å². The fourth-order valence-corrected chi connectivity index (χ4v) is 3.12. The van der Waals surface area contributed by atoms with Gasteiger partial charge in [-0.05, 0) is 37.7 Å². The Balaban J connectivity index is 1.80. The van der Waals surface area contributed by atoms with Crippen LogP contribution in [0.25, 0.3) is 0 Å². The average molecular weight is 289 g/mol. The Labute approximate surface area is 128 Å². The molecule has 1 N–H and O–H groups in total. The van der Waals surface area contributed by atoms with Crippen LogP contribution in [0.3, 0.4) is 0 Å². The highest BCUT2D eigenvalue weighted by Gasteiger charge is 2.23. The molecule has 0 aromatic heterocycles. The van der Waals surface area contributed by atoms with Gasteiger partial charge in [-0.15, -0.1) is 0 Å². The SMILES string of the molecule is COC(=O)C(CCCc1ccccc1)NC1CCCCC1. The lowest BCUT2D eigenvalue weighted by Crippen LogP contribution is -2.44. The Hall–Kier alpha value is -1.35. The summed E-state index contributed by atoms with van der Waals surface area (Å²) in [6.07, 6.45) is 9.11. The van der Waals surface area contributed by atoms with Gasteiger partial charge in [0.1, 0.15) is 6.04 Å². The normalized spacial score (nSPS) is 17.4. The van der Waals surface area contributed by atoms with Crippen molar-refractivity contribution in [2.75, 3.05) is 7.11 Å². The second-order valence-electron chi connectivity index (χ2n) is 5.96. The molecule has 1 atom stereocenters. The Bertz CT molecular complexity index is 412. The quantitative estimate of drug-likeness (QED) is 0.781. The molecule has 0 saturated heterocycles. The smallest absolute Gasteiger partial charge is 0.322 e. The standard InChI is InChI=1S/C18H27NO2/c1-21-18(20)17(19-16-12-6-3-7-13-16)14-8-11-15-9-4-2-5-10-15/h2,4-5,9-10,16-17,19H,3,6-8,11-14H2,1H3. The molecule has 1 aromatic carbocycles. The first-order chi connectivity index (χ1) is 10.3. The van der Waals surface area contributed by atoms with Crippen molar-refractivity contribution in [3.05, 3.63) is 35.9 Å². The molecular weight excluding hydrogens is 262 g/mol. The first kappa shape index (κ1) is 16.0. The first-order valence-corrected chi connectivity index (χ1v) is 8.17. The van der Waals surface area contributed by atoms with Gasteiger partial charge in [-0.2, -0.15) is 0 Å². The number of hydrogen-bond donors (Lipinski definition) is 1. The molecule has 0 spiro atoms. The topological polar surface area (TPSA) is 38.3 Å². The minimum Gasteiger partial charge on any atom is -0.468 e. The summed E-state index contributed by atoms with van der Waals surface area (Å²) in [5.74, 6) is -0.117. The maximum absolute atomic E-state index is 11.9. The Kier molecular flexibility index (Phi) is 6.74. The number of nitrogens with one attached hydrogen (secondary N) is 1. The molecule has 0 bridgehead atoms. The highest BCUT2D eigenvalue weighted by Crippen LogP contribution is 2.19. The molecule has 1 aliphatic rings. The second kappa shape index (κ2) is 8.83. The summed E-state index contributed by atoms with van der Waals surface area (Å²) < 4.78 is 4.96. The molecular formula is C18H27NO2. The zero-order valence-corrected chi connectivity index (χ0v) is 13.0. The van der Waals surface area contributed by atoms with E-state index in [1.54, 1.807) is 0 Å². The van der Waals surface area contributed by atoms with E-state index in [1.165, 1.54) is 44.8 Å². The van der Waals surface area contributed by atoms with Crippen LogP contribution in [-0.4, -0.2) is 25.2 Å². The van der Waals surface area contributed by atoms with Crippen LogP contribution in [0, 0.1) is 0 Å². The summed E-state index contributed by atoms with van der Waals surface area (Å²) in [5.41, 5.74) is 1.33. The van der Waals surface area contributed by atoms with Crippen molar-refractivity contribution in [3.8, 4) is 0 Å². The predicted molar refractivity (Wildman–Crippen MR) is 85.2 cm³/mol. The fraction of sp³-hybridized carbons (Fsp3) is 0.611. The predicted octanol–water partition coefficient (Wildman–Crippen LogP) is 3.47. The van der Waals surface area contributed by atoms with Crippen LogP contribution in [0.2, 0.25) is 0 Å².